The number of carbonyl (C=O) groups is 1. The zero-order chi connectivity index (χ0) is 6.69. The Hall–Kier alpha value is -0.570. The van der Waals surface area contributed by atoms with Crippen molar-refractivity contribution in [3.63, 3.8) is 0 Å². The summed E-state index contributed by atoms with van der Waals surface area (Å²) in [5.41, 5.74) is 0. The van der Waals surface area contributed by atoms with Crippen LogP contribution in [0, 0.1) is 0 Å². The summed E-state index contributed by atoms with van der Waals surface area (Å²) in [5.74, 6) is 0. The number of hydrogen-bond donors (Lipinski definition) is 0. The second kappa shape index (κ2) is 2.82. The fourth-order valence-electron chi connectivity index (χ4n) is 1.12. The summed E-state index contributed by atoms with van der Waals surface area (Å²) in [7, 11) is 1.96. The highest BCUT2D eigenvalue weighted by Gasteiger charge is 2.20. The van der Waals surface area contributed by atoms with Crippen LogP contribution in [0.1, 0.15) is 12.8 Å². The van der Waals surface area contributed by atoms with Crippen LogP contribution >= 0.6 is 0 Å². The Kier molecular flexibility index (Phi) is 2.05. The van der Waals surface area contributed by atoms with Crippen molar-refractivity contribution in [2.75, 3.05) is 13.6 Å². The van der Waals surface area contributed by atoms with E-state index in [0.717, 1.165) is 19.4 Å². The molecular formula is C6H11NO2. The fraction of sp³-hybridized carbons (Fsp3) is 0.833. The molecule has 0 radical (unpaired) electrons. The van der Waals surface area contributed by atoms with Crippen LogP contribution in [0.15, 0.2) is 0 Å². The maximum absolute atomic E-state index is 9.86. The molecule has 0 aliphatic carbocycles. The Morgan fingerprint density at radius 1 is 1.78 bits per heavy atom. The van der Waals surface area contributed by atoms with E-state index in [-0.39, 0.29) is 6.23 Å². The molecule has 1 fully saturated rings. The highest BCUT2D eigenvalue weighted by molar-refractivity contribution is 5.37. The first-order chi connectivity index (χ1) is 4.34. The Morgan fingerprint density at radius 3 is 3.00 bits per heavy atom. The summed E-state index contributed by atoms with van der Waals surface area (Å²) in [6.07, 6.45) is 2.16. The van der Waals surface area contributed by atoms with Gasteiger partial charge < -0.3 is 4.74 Å². The van der Waals surface area contributed by atoms with E-state index < -0.39 is 0 Å². The molecule has 1 rings (SSSR count). The van der Waals surface area contributed by atoms with Crippen molar-refractivity contribution < 1.29 is 9.53 Å². The summed E-state index contributed by atoms with van der Waals surface area (Å²) >= 11 is 0. The largest absolute Gasteiger partial charge is 0.449 e. The van der Waals surface area contributed by atoms with Gasteiger partial charge in [0.15, 0.2) is 6.23 Å². The van der Waals surface area contributed by atoms with Gasteiger partial charge in [0.2, 0.25) is 0 Å². The fourth-order valence-corrected chi connectivity index (χ4v) is 1.12. The van der Waals surface area contributed by atoms with E-state index in [1.165, 1.54) is 0 Å². The minimum Gasteiger partial charge on any atom is -0.449 e. The number of hydrogen-bond acceptors (Lipinski definition) is 3. The third-order valence-electron chi connectivity index (χ3n) is 1.67. The van der Waals surface area contributed by atoms with Gasteiger partial charge in [-0.15, -0.1) is 0 Å². The van der Waals surface area contributed by atoms with E-state index in [1.54, 1.807) is 0 Å². The smallest absolute Gasteiger partial charge is 0.294 e. The van der Waals surface area contributed by atoms with E-state index in [4.69, 9.17) is 4.74 Å². The maximum Gasteiger partial charge on any atom is 0.294 e. The summed E-state index contributed by atoms with van der Waals surface area (Å²) in [6, 6.07) is 0. The van der Waals surface area contributed by atoms with E-state index in [1.807, 2.05) is 11.9 Å². The molecule has 0 saturated carbocycles. The first-order valence-electron chi connectivity index (χ1n) is 3.14. The molecule has 0 spiro atoms. The molecule has 0 aromatic carbocycles. The predicted molar refractivity (Wildman–Crippen MR) is 32.8 cm³/mol. The molecule has 1 heterocycles. The lowest BCUT2D eigenvalue weighted by Gasteiger charge is -2.16. The second-order valence-electron chi connectivity index (χ2n) is 2.31. The van der Waals surface area contributed by atoms with Crippen LogP contribution in [-0.2, 0) is 9.53 Å². The van der Waals surface area contributed by atoms with Gasteiger partial charge in [-0.2, -0.15) is 0 Å². The Bertz CT molecular complexity index is 105. The van der Waals surface area contributed by atoms with Gasteiger partial charge in [-0.25, -0.2) is 0 Å². The Balaban J connectivity index is 2.30. The minimum absolute atomic E-state index is 0.0440. The third kappa shape index (κ3) is 1.42. The van der Waals surface area contributed by atoms with Crippen LogP contribution in [0.2, 0.25) is 0 Å². The Labute approximate surface area is 54.6 Å². The molecule has 0 bridgehead atoms. The minimum atomic E-state index is 0.0440. The predicted octanol–water partition coefficient (Wildman–Crippen LogP) is 0.211. The molecule has 0 unspecified atom stereocenters. The van der Waals surface area contributed by atoms with Crippen molar-refractivity contribution in [2.24, 2.45) is 0 Å². The van der Waals surface area contributed by atoms with Gasteiger partial charge >= 0.3 is 0 Å². The first kappa shape index (κ1) is 6.55. The van der Waals surface area contributed by atoms with Gasteiger partial charge in [0.05, 0.1) is 0 Å². The van der Waals surface area contributed by atoms with Gasteiger partial charge in [-0.3, -0.25) is 9.69 Å². The van der Waals surface area contributed by atoms with Crippen molar-refractivity contribution in [2.45, 2.75) is 19.1 Å². The monoisotopic (exact) mass is 129 g/mol. The van der Waals surface area contributed by atoms with Crippen molar-refractivity contribution in [1.29, 1.82) is 0 Å². The van der Waals surface area contributed by atoms with E-state index >= 15 is 0 Å². The van der Waals surface area contributed by atoms with Gasteiger partial charge in [0, 0.05) is 6.54 Å². The summed E-state index contributed by atoms with van der Waals surface area (Å²) in [5, 5.41) is 0. The van der Waals surface area contributed by atoms with Crippen LogP contribution in [0.25, 0.3) is 0 Å². The molecule has 52 valence electrons. The third-order valence-corrected chi connectivity index (χ3v) is 1.67. The highest BCUT2D eigenvalue weighted by Crippen LogP contribution is 2.14. The number of ether oxygens (including phenoxy) is 1. The molecule has 9 heavy (non-hydrogen) atoms. The molecule has 3 heteroatoms. The van der Waals surface area contributed by atoms with Crippen molar-refractivity contribution >= 4 is 6.47 Å². The molecule has 1 saturated heterocycles. The maximum atomic E-state index is 9.86. The van der Waals surface area contributed by atoms with Crippen molar-refractivity contribution in [1.82, 2.24) is 4.90 Å². The van der Waals surface area contributed by atoms with Crippen LogP contribution in [0.3, 0.4) is 0 Å². The average Bonchev–Trinajstić information content (AvgIpc) is 2.18. The molecule has 0 amide bonds. The zero-order valence-electron chi connectivity index (χ0n) is 5.54. The lowest BCUT2D eigenvalue weighted by molar-refractivity contribution is -0.139. The highest BCUT2D eigenvalue weighted by atomic mass is 16.5. The van der Waals surface area contributed by atoms with Crippen LogP contribution in [0.4, 0.5) is 0 Å². The van der Waals surface area contributed by atoms with Gasteiger partial charge in [-0.1, -0.05) is 0 Å². The zero-order valence-corrected chi connectivity index (χ0v) is 5.54. The van der Waals surface area contributed by atoms with Gasteiger partial charge in [-0.05, 0) is 19.9 Å². The van der Waals surface area contributed by atoms with Gasteiger partial charge in [0.1, 0.15) is 0 Å². The van der Waals surface area contributed by atoms with Gasteiger partial charge in [0.25, 0.3) is 6.47 Å². The number of nitrogens with zero attached hydrogens (tertiary/aromatic N) is 1. The lowest BCUT2D eigenvalue weighted by atomic mass is 10.4. The molecule has 0 aromatic heterocycles. The van der Waals surface area contributed by atoms with Crippen LogP contribution in [0.5, 0.6) is 0 Å². The first-order valence-corrected chi connectivity index (χ1v) is 3.14. The Morgan fingerprint density at radius 2 is 2.56 bits per heavy atom. The second-order valence-corrected chi connectivity index (χ2v) is 2.31. The number of rotatable bonds is 2. The molecule has 0 N–H and O–H groups in total. The topological polar surface area (TPSA) is 29.5 Å². The van der Waals surface area contributed by atoms with E-state index in [2.05, 4.69) is 0 Å². The molecular weight excluding hydrogens is 118 g/mol. The summed E-state index contributed by atoms with van der Waals surface area (Å²) in [4.78, 5) is 11.9. The van der Waals surface area contributed by atoms with Crippen LogP contribution < -0.4 is 0 Å². The summed E-state index contributed by atoms with van der Waals surface area (Å²) < 4.78 is 4.76. The molecule has 3 nitrogen and oxygen atoms in total. The number of carbonyl (C=O) groups excluding carboxylic acids is 1. The number of likely N-dealkylation sites (tertiary alicyclic amines) is 1. The van der Waals surface area contributed by atoms with Crippen LogP contribution in [-0.4, -0.2) is 31.2 Å². The van der Waals surface area contributed by atoms with Crippen molar-refractivity contribution in [3.8, 4) is 0 Å². The molecule has 1 atom stereocenters. The van der Waals surface area contributed by atoms with E-state index in [9.17, 15) is 4.79 Å². The lowest BCUT2D eigenvalue weighted by Crippen LogP contribution is -2.26. The summed E-state index contributed by atoms with van der Waals surface area (Å²) in [6.45, 7) is 1.56. The molecule has 0 aromatic rings. The molecule has 1 aliphatic rings. The normalized spacial score (nSPS) is 28.3. The SMILES string of the molecule is CN1CCC[C@@H]1OC=O. The average molecular weight is 129 g/mol. The van der Waals surface area contributed by atoms with E-state index in [0.29, 0.717) is 6.47 Å². The standard InChI is InChI=1S/C6H11NO2/c1-7-4-2-3-6(7)9-5-8/h5-6H,2-4H2,1H3/t6-/m0/s1. The van der Waals surface area contributed by atoms with Crippen molar-refractivity contribution in [3.05, 3.63) is 0 Å². The quantitative estimate of drug-likeness (QED) is 0.499. The molecule has 1 aliphatic heterocycles.